The molecule has 0 unspecified atom stereocenters. The van der Waals surface area contributed by atoms with Crippen molar-refractivity contribution >= 4 is 17.4 Å². The number of anilines is 1. The normalized spacial score (nSPS) is 13.1. The third-order valence-corrected chi connectivity index (χ3v) is 4.09. The van der Waals surface area contributed by atoms with E-state index in [0.29, 0.717) is 30.0 Å². The average Bonchev–Trinajstić information content (AvgIpc) is 2.46. The molecule has 2 aromatic carbocycles. The van der Waals surface area contributed by atoms with E-state index in [0.717, 1.165) is 12.1 Å². The first-order valence-electron chi connectivity index (χ1n) is 6.62. The fraction of sp³-hybridized carbons (Fsp3) is 0.200. The predicted octanol–water partition coefficient (Wildman–Crippen LogP) is 6.48. The summed E-state index contributed by atoms with van der Waals surface area (Å²) in [6.07, 6.45) is -14.9. The van der Waals surface area contributed by atoms with Crippen LogP contribution >= 0.6 is 11.8 Å². The maximum absolute atomic E-state index is 12.8. The van der Waals surface area contributed by atoms with E-state index in [4.69, 9.17) is 5.73 Å². The number of alkyl halides is 9. The van der Waals surface area contributed by atoms with Crippen LogP contribution in [0.25, 0.3) is 0 Å². The number of nitrogens with two attached hydrogens (primary N) is 1. The van der Waals surface area contributed by atoms with Gasteiger partial charge in [0.05, 0.1) is 16.7 Å². The lowest BCUT2D eigenvalue weighted by molar-refractivity contribution is -0.143. The van der Waals surface area contributed by atoms with Crippen LogP contribution in [0.4, 0.5) is 45.2 Å². The zero-order chi connectivity index (χ0) is 19.9. The lowest BCUT2D eigenvalue weighted by Gasteiger charge is -2.15. The summed E-state index contributed by atoms with van der Waals surface area (Å²) in [6.45, 7) is 0. The molecule has 0 aromatic heterocycles. The lowest BCUT2D eigenvalue weighted by atomic mass is 10.1. The highest BCUT2D eigenvalue weighted by Crippen LogP contribution is 2.41. The maximum Gasteiger partial charge on any atom is 0.418 e. The number of nitrogen functional groups attached to an aromatic ring is 1. The van der Waals surface area contributed by atoms with Crippen LogP contribution in [-0.2, 0) is 18.5 Å². The minimum atomic E-state index is -5.05. The Labute approximate surface area is 145 Å². The molecule has 2 rings (SSSR count). The highest BCUT2D eigenvalue weighted by Gasteiger charge is 2.37. The molecule has 0 saturated heterocycles. The summed E-state index contributed by atoms with van der Waals surface area (Å²) in [7, 11) is 0. The van der Waals surface area contributed by atoms with E-state index in [2.05, 4.69) is 0 Å². The first kappa shape index (κ1) is 20.3. The Hall–Kier alpha value is -2.04. The Bertz CT molecular complexity index is 774. The molecule has 2 N–H and O–H groups in total. The molecule has 0 bridgehead atoms. The molecular weight excluding hydrogens is 397 g/mol. The lowest BCUT2D eigenvalue weighted by Crippen LogP contribution is -2.11. The molecule has 11 heteroatoms. The van der Waals surface area contributed by atoms with Crippen molar-refractivity contribution < 1.29 is 39.5 Å². The molecule has 0 saturated carbocycles. The van der Waals surface area contributed by atoms with Crippen molar-refractivity contribution in [2.75, 3.05) is 5.73 Å². The molecule has 0 aliphatic heterocycles. The van der Waals surface area contributed by atoms with Crippen molar-refractivity contribution in [3.63, 3.8) is 0 Å². The van der Waals surface area contributed by atoms with Crippen molar-refractivity contribution in [1.29, 1.82) is 0 Å². The molecule has 0 fully saturated rings. The van der Waals surface area contributed by atoms with Crippen molar-refractivity contribution in [2.45, 2.75) is 28.3 Å². The number of benzene rings is 2. The minimum absolute atomic E-state index is 0.0613. The van der Waals surface area contributed by atoms with Gasteiger partial charge in [0.25, 0.3) is 0 Å². The van der Waals surface area contributed by atoms with Crippen LogP contribution in [0.5, 0.6) is 0 Å². The van der Waals surface area contributed by atoms with Crippen LogP contribution in [0, 0.1) is 0 Å². The Morgan fingerprint density at radius 1 is 0.615 bits per heavy atom. The number of hydrogen-bond donors (Lipinski definition) is 1. The van der Waals surface area contributed by atoms with Gasteiger partial charge in [0.2, 0.25) is 0 Å². The van der Waals surface area contributed by atoms with E-state index in [9.17, 15) is 39.5 Å². The molecule has 2 aromatic rings. The van der Waals surface area contributed by atoms with E-state index in [1.807, 2.05) is 0 Å². The standard InChI is InChI=1S/C15H8F9NS/c16-13(17,18)7-3-8(14(19,20)21)5-10(4-7)26-9-1-2-12(25)11(6-9)15(22,23)24/h1-6H,25H2. The third-order valence-electron chi connectivity index (χ3n) is 3.13. The Balaban J connectivity index is 2.50. The van der Waals surface area contributed by atoms with Gasteiger partial charge >= 0.3 is 18.5 Å². The highest BCUT2D eigenvalue weighted by atomic mass is 32.2. The van der Waals surface area contributed by atoms with E-state index >= 15 is 0 Å². The van der Waals surface area contributed by atoms with E-state index in [1.165, 1.54) is 0 Å². The Kier molecular flexibility index (Phi) is 5.15. The number of hydrogen-bond acceptors (Lipinski definition) is 2. The highest BCUT2D eigenvalue weighted by molar-refractivity contribution is 7.99. The van der Waals surface area contributed by atoms with Crippen molar-refractivity contribution in [3.8, 4) is 0 Å². The molecule has 0 aliphatic rings. The van der Waals surface area contributed by atoms with Gasteiger partial charge in [-0.1, -0.05) is 11.8 Å². The van der Waals surface area contributed by atoms with Gasteiger partial charge in [-0.25, -0.2) is 0 Å². The van der Waals surface area contributed by atoms with Gasteiger partial charge in [-0.2, -0.15) is 39.5 Å². The van der Waals surface area contributed by atoms with E-state index < -0.39 is 45.8 Å². The molecule has 0 atom stereocenters. The summed E-state index contributed by atoms with van der Waals surface area (Å²) >= 11 is 0.332. The summed E-state index contributed by atoms with van der Waals surface area (Å²) in [4.78, 5) is -0.719. The summed E-state index contributed by atoms with van der Waals surface area (Å²) in [5, 5.41) is 0. The maximum atomic E-state index is 12.8. The fourth-order valence-electron chi connectivity index (χ4n) is 1.97. The van der Waals surface area contributed by atoms with E-state index in [1.54, 1.807) is 0 Å². The van der Waals surface area contributed by atoms with Gasteiger partial charge < -0.3 is 5.73 Å². The molecule has 142 valence electrons. The predicted molar refractivity (Wildman–Crippen MR) is 76.4 cm³/mol. The SMILES string of the molecule is Nc1ccc(Sc2cc(C(F)(F)F)cc(C(F)(F)F)c2)cc1C(F)(F)F. The van der Waals surface area contributed by atoms with Gasteiger partial charge in [0, 0.05) is 15.5 Å². The van der Waals surface area contributed by atoms with Crippen molar-refractivity contribution in [3.05, 3.63) is 53.1 Å². The quantitative estimate of drug-likeness (QED) is 0.457. The molecule has 0 radical (unpaired) electrons. The molecule has 26 heavy (non-hydrogen) atoms. The zero-order valence-electron chi connectivity index (χ0n) is 12.4. The summed E-state index contributed by atoms with van der Waals surface area (Å²) in [5.41, 5.74) is 0.256. The van der Waals surface area contributed by atoms with Gasteiger partial charge in [0.1, 0.15) is 0 Å². The molecular formula is C15H8F9NS. The Morgan fingerprint density at radius 2 is 1.12 bits per heavy atom. The van der Waals surface area contributed by atoms with Crippen molar-refractivity contribution in [1.82, 2.24) is 0 Å². The smallest absolute Gasteiger partial charge is 0.398 e. The van der Waals surface area contributed by atoms with Gasteiger partial charge in [0.15, 0.2) is 0 Å². The van der Waals surface area contributed by atoms with E-state index in [-0.39, 0.29) is 11.0 Å². The van der Waals surface area contributed by atoms with Crippen LogP contribution in [0.2, 0.25) is 0 Å². The second kappa shape index (κ2) is 6.60. The van der Waals surface area contributed by atoms with Crippen LogP contribution in [0.15, 0.2) is 46.2 Å². The minimum Gasteiger partial charge on any atom is -0.398 e. The second-order valence-electron chi connectivity index (χ2n) is 5.09. The number of halogens is 9. The van der Waals surface area contributed by atoms with Crippen LogP contribution < -0.4 is 5.73 Å². The summed E-state index contributed by atoms with van der Waals surface area (Å²) in [5.74, 6) is 0. The monoisotopic (exact) mass is 405 g/mol. The summed E-state index contributed by atoms with van der Waals surface area (Å²) in [6, 6.07) is 3.32. The van der Waals surface area contributed by atoms with Gasteiger partial charge in [-0.05, 0) is 36.4 Å². The van der Waals surface area contributed by atoms with Crippen LogP contribution in [0.3, 0.4) is 0 Å². The van der Waals surface area contributed by atoms with Gasteiger partial charge in [-0.15, -0.1) is 0 Å². The zero-order valence-corrected chi connectivity index (χ0v) is 13.2. The first-order chi connectivity index (χ1) is 11.7. The third kappa shape index (κ3) is 4.77. The summed E-state index contributed by atoms with van der Waals surface area (Å²) < 4.78 is 115. The average molecular weight is 405 g/mol. The number of rotatable bonds is 2. The van der Waals surface area contributed by atoms with Gasteiger partial charge in [-0.3, -0.25) is 0 Å². The molecule has 0 aliphatic carbocycles. The largest absolute Gasteiger partial charge is 0.418 e. The van der Waals surface area contributed by atoms with Crippen LogP contribution in [-0.4, -0.2) is 0 Å². The van der Waals surface area contributed by atoms with Crippen molar-refractivity contribution in [2.24, 2.45) is 0 Å². The first-order valence-corrected chi connectivity index (χ1v) is 7.43. The molecule has 0 amide bonds. The second-order valence-corrected chi connectivity index (χ2v) is 6.24. The molecule has 1 nitrogen and oxygen atoms in total. The fourth-order valence-corrected chi connectivity index (χ4v) is 2.92. The molecule has 0 heterocycles. The Morgan fingerprint density at radius 3 is 1.54 bits per heavy atom. The molecule has 0 spiro atoms. The topological polar surface area (TPSA) is 26.0 Å². The van der Waals surface area contributed by atoms with Crippen LogP contribution in [0.1, 0.15) is 16.7 Å².